The summed E-state index contributed by atoms with van der Waals surface area (Å²) in [5.74, 6) is -0.0245. The molecule has 0 heterocycles. The molecule has 0 fully saturated rings. The molecule has 0 aliphatic carbocycles. The van der Waals surface area contributed by atoms with E-state index in [-0.39, 0.29) is 18.5 Å². The van der Waals surface area contributed by atoms with E-state index in [0.29, 0.717) is 25.9 Å². The first-order valence-corrected chi connectivity index (χ1v) is 33.6. The summed E-state index contributed by atoms with van der Waals surface area (Å²) in [5.41, 5.74) is 0. The number of allylic oxidation sites excluding steroid dienone is 4. The van der Waals surface area contributed by atoms with Crippen molar-refractivity contribution in [2.75, 3.05) is 13.2 Å². The second-order valence-electron chi connectivity index (χ2n) is 23.1. The standard InChI is InChI=1S/C68H131NO5/c1-3-5-7-9-11-13-15-17-33-38-42-46-50-54-58-62-68(73)74-63-59-55-51-47-43-39-35-32-30-28-26-24-22-20-19-21-23-25-27-29-31-34-37-41-45-49-53-57-61-67(72)69-65(64-70)66(71)60-56-52-48-44-40-36-18-16-14-12-10-8-6-4-2/h17,19-20,33,65-66,70-71H,3-16,18,21-32,34-64H2,1-2H3,(H,69,72)/b20-19-,33-17-. The molecule has 2 unspecified atom stereocenters. The van der Waals surface area contributed by atoms with E-state index in [1.54, 1.807) is 0 Å². The average Bonchev–Trinajstić information content (AvgIpc) is 3.40. The molecule has 0 saturated carbocycles. The van der Waals surface area contributed by atoms with Crippen LogP contribution in [-0.2, 0) is 14.3 Å². The molecule has 0 radical (unpaired) electrons. The van der Waals surface area contributed by atoms with E-state index in [0.717, 1.165) is 44.9 Å². The van der Waals surface area contributed by atoms with Gasteiger partial charge in [-0.15, -0.1) is 0 Å². The van der Waals surface area contributed by atoms with Crippen molar-refractivity contribution < 1.29 is 24.5 Å². The highest BCUT2D eigenvalue weighted by Crippen LogP contribution is 2.18. The van der Waals surface area contributed by atoms with E-state index in [1.165, 1.54) is 295 Å². The van der Waals surface area contributed by atoms with Crippen molar-refractivity contribution in [2.45, 2.75) is 386 Å². The Balaban J connectivity index is 3.36. The third-order valence-corrected chi connectivity index (χ3v) is 15.7. The summed E-state index contributed by atoms with van der Waals surface area (Å²) in [6.07, 6.45) is 79.3. The van der Waals surface area contributed by atoms with Gasteiger partial charge in [0.2, 0.25) is 5.91 Å². The molecule has 2 atom stereocenters. The van der Waals surface area contributed by atoms with Gasteiger partial charge in [-0.1, -0.05) is 308 Å². The maximum Gasteiger partial charge on any atom is 0.305 e. The highest BCUT2D eigenvalue weighted by atomic mass is 16.5. The molecule has 6 nitrogen and oxygen atoms in total. The first kappa shape index (κ1) is 72.3. The minimum Gasteiger partial charge on any atom is -0.466 e. The van der Waals surface area contributed by atoms with Gasteiger partial charge in [0.1, 0.15) is 0 Å². The van der Waals surface area contributed by atoms with Crippen LogP contribution in [0.3, 0.4) is 0 Å². The molecule has 3 N–H and O–H groups in total. The van der Waals surface area contributed by atoms with Crippen molar-refractivity contribution in [2.24, 2.45) is 0 Å². The maximum absolute atomic E-state index is 12.5. The topological polar surface area (TPSA) is 95.9 Å². The summed E-state index contributed by atoms with van der Waals surface area (Å²) >= 11 is 0. The highest BCUT2D eigenvalue weighted by Gasteiger charge is 2.20. The number of aliphatic hydroxyl groups is 2. The van der Waals surface area contributed by atoms with Crippen molar-refractivity contribution in [3.05, 3.63) is 24.3 Å². The van der Waals surface area contributed by atoms with Crippen LogP contribution < -0.4 is 5.32 Å². The smallest absolute Gasteiger partial charge is 0.305 e. The summed E-state index contributed by atoms with van der Waals surface area (Å²) in [6.45, 7) is 4.97. The van der Waals surface area contributed by atoms with Crippen LogP contribution in [0.2, 0.25) is 0 Å². The predicted octanol–water partition coefficient (Wildman–Crippen LogP) is 21.4. The highest BCUT2D eigenvalue weighted by molar-refractivity contribution is 5.76. The Morgan fingerprint density at radius 2 is 0.635 bits per heavy atom. The first-order chi connectivity index (χ1) is 36.5. The van der Waals surface area contributed by atoms with Crippen LogP contribution in [-0.4, -0.2) is 47.4 Å². The molecule has 0 spiro atoms. The lowest BCUT2D eigenvalue weighted by atomic mass is 10.0. The molecule has 0 aromatic heterocycles. The lowest BCUT2D eigenvalue weighted by molar-refractivity contribution is -0.143. The van der Waals surface area contributed by atoms with Crippen LogP contribution in [0.15, 0.2) is 24.3 Å². The van der Waals surface area contributed by atoms with Crippen molar-refractivity contribution in [1.82, 2.24) is 5.32 Å². The van der Waals surface area contributed by atoms with Gasteiger partial charge in [-0.25, -0.2) is 0 Å². The van der Waals surface area contributed by atoms with Crippen molar-refractivity contribution >= 4 is 11.9 Å². The van der Waals surface area contributed by atoms with E-state index in [1.807, 2.05) is 0 Å². The van der Waals surface area contributed by atoms with Gasteiger partial charge in [-0.2, -0.15) is 0 Å². The zero-order valence-electron chi connectivity index (χ0n) is 50.1. The molecule has 6 heteroatoms. The SMILES string of the molecule is CCCCCCCC/C=C\CCCCCCCC(=O)OCCCCCCCCCCCCCC/C=C\CCCCCCCCCCCCCCC(=O)NC(CO)C(O)CCCCCCCCCCCCCCCC. The maximum atomic E-state index is 12.5. The first-order valence-electron chi connectivity index (χ1n) is 33.6. The lowest BCUT2D eigenvalue weighted by Gasteiger charge is -2.22. The number of unbranched alkanes of at least 4 members (excludes halogenated alkanes) is 48. The zero-order valence-corrected chi connectivity index (χ0v) is 50.1. The van der Waals surface area contributed by atoms with Crippen LogP contribution in [0.4, 0.5) is 0 Å². The Kier molecular flexibility index (Phi) is 62.4. The van der Waals surface area contributed by atoms with E-state index in [9.17, 15) is 19.8 Å². The minimum absolute atomic E-state index is 0.00839. The molecule has 1 amide bonds. The molecule has 0 aliphatic rings. The summed E-state index contributed by atoms with van der Waals surface area (Å²) < 4.78 is 5.49. The van der Waals surface area contributed by atoms with Crippen molar-refractivity contribution in [3.8, 4) is 0 Å². The molecule has 0 rings (SSSR count). The van der Waals surface area contributed by atoms with Crippen LogP contribution in [0.5, 0.6) is 0 Å². The van der Waals surface area contributed by atoms with Gasteiger partial charge in [0.05, 0.1) is 25.4 Å². The number of ether oxygens (including phenoxy) is 1. The Labute approximate surface area is 462 Å². The van der Waals surface area contributed by atoms with Crippen LogP contribution >= 0.6 is 0 Å². The van der Waals surface area contributed by atoms with E-state index in [2.05, 4.69) is 43.5 Å². The number of carbonyl (C=O) groups excluding carboxylic acids is 2. The molecule has 0 aromatic carbocycles. The van der Waals surface area contributed by atoms with E-state index < -0.39 is 12.1 Å². The third kappa shape index (κ3) is 59.6. The number of rotatable bonds is 63. The summed E-state index contributed by atoms with van der Waals surface area (Å²) in [5, 5.41) is 23.3. The molecule has 438 valence electrons. The molecule has 0 aliphatic heterocycles. The molecular formula is C68H131NO5. The van der Waals surface area contributed by atoms with Gasteiger partial charge in [-0.3, -0.25) is 9.59 Å². The molecular weight excluding hydrogens is 911 g/mol. The number of hydrogen-bond acceptors (Lipinski definition) is 5. The van der Waals surface area contributed by atoms with Gasteiger partial charge in [0.25, 0.3) is 0 Å². The van der Waals surface area contributed by atoms with E-state index in [4.69, 9.17) is 4.74 Å². The van der Waals surface area contributed by atoms with Gasteiger partial charge < -0.3 is 20.3 Å². The van der Waals surface area contributed by atoms with Crippen LogP contribution in [0.1, 0.15) is 373 Å². The Hall–Kier alpha value is -1.66. The number of nitrogens with one attached hydrogen (secondary N) is 1. The summed E-state index contributed by atoms with van der Waals surface area (Å²) in [4.78, 5) is 24.6. The quantitative estimate of drug-likeness (QED) is 0.0320. The van der Waals surface area contributed by atoms with Gasteiger partial charge in [0, 0.05) is 12.8 Å². The number of aliphatic hydroxyl groups excluding tert-OH is 2. The Morgan fingerprint density at radius 3 is 0.959 bits per heavy atom. The van der Waals surface area contributed by atoms with Crippen molar-refractivity contribution in [1.29, 1.82) is 0 Å². The molecule has 74 heavy (non-hydrogen) atoms. The fourth-order valence-corrected chi connectivity index (χ4v) is 10.6. The fourth-order valence-electron chi connectivity index (χ4n) is 10.6. The molecule has 0 saturated heterocycles. The monoisotopic (exact) mass is 1040 g/mol. The Bertz CT molecular complexity index is 1150. The van der Waals surface area contributed by atoms with Crippen LogP contribution in [0.25, 0.3) is 0 Å². The van der Waals surface area contributed by atoms with Gasteiger partial charge >= 0.3 is 5.97 Å². The number of amides is 1. The van der Waals surface area contributed by atoms with Crippen LogP contribution in [0, 0.1) is 0 Å². The zero-order chi connectivity index (χ0) is 53.6. The molecule has 0 aromatic rings. The second-order valence-corrected chi connectivity index (χ2v) is 23.1. The Morgan fingerprint density at radius 1 is 0.365 bits per heavy atom. The normalized spacial score (nSPS) is 12.6. The lowest BCUT2D eigenvalue weighted by Crippen LogP contribution is -2.45. The fraction of sp³-hybridized carbons (Fsp3) is 0.912. The number of carbonyl (C=O) groups is 2. The average molecular weight is 1040 g/mol. The van der Waals surface area contributed by atoms with Gasteiger partial charge in [-0.05, 0) is 77.0 Å². The van der Waals surface area contributed by atoms with E-state index >= 15 is 0 Å². The minimum atomic E-state index is -0.663. The number of hydrogen-bond donors (Lipinski definition) is 3. The summed E-state index contributed by atoms with van der Waals surface area (Å²) in [7, 11) is 0. The number of esters is 1. The second kappa shape index (κ2) is 63.9. The molecule has 0 bridgehead atoms. The van der Waals surface area contributed by atoms with Crippen molar-refractivity contribution in [3.63, 3.8) is 0 Å². The summed E-state index contributed by atoms with van der Waals surface area (Å²) in [6, 6.07) is -0.541. The van der Waals surface area contributed by atoms with Gasteiger partial charge in [0.15, 0.2) is 0 Å². The largest absolute Gasteiger partial charge is 0.466 e. The predicted molar refractivity (Wildman–Crippen MR) is 324 cm³/mol. The third-order valence-electron chi connectivity index (χ3n) is 15.7.